The van der Waals surface area contributed by atoms with Gasteiger partial charge in [-0.2, -0.15) is 5.10 Å². The molecular weight excluding hydrogens is 226 g/mol. The van der Waals surface area contributed by atoms with Gasteiger partial charge in [0.25, 0.3) is 0 Å². The van der Waals surface area contributed by atoms with Gasteiger partial charge in [-0.15, -0.1) is 0 Å². The molecule has 0 bridgehead atoms. The summed E-state index contributed by atoms with van der Waals surface area (Å²) in [5.74, 6) is 1.69. The second kappa shape index (κ2) is 5.16. The topological polar surface area (TPSA) is 55.6 Å². The van der Waals surface area contributed by atoms with Gasteiger partial charge in [0, 0.05) is 25.4 Å². The number of anilines is 1. The molecule has 0 saturated carbocycles. The maximum absolute atomic E-state index is 4.53. The highest BCUT2D eigenvalue weighted by Crippen LogP contribution is 2.24. The molecule has 0 unspecified atom stereocenters. The Labute approximate surface area is 107 Å². The highest BCUT2D eigenvalue weighted by Gasteiger charge is 2.13. The summed E-state index contributed by atoms with van der Waals surface area (Å²) in [6.07, 6.45) is 2.86. The van der Waals surface area contributed by atoms with Crippen LogP contribution in [0.1, 0.15) is 24.7 Å². The number of hydrogen-bond donors (Lipinski definition) is 1. The van der Waals surface area contributed by atoms with Crippen molar-refractivity contribution < 1.29 is 0 Å². The van der Waals surface area contributed by atoms with Crippen LogP contribution in [-0.2, 0) is 7.05 Å². The lowest BCUT2D eigenvalue weighted by Crippen LogP contribution is -2.08. The number of nitrogens with one attached hydrogen (secondary N) is 1. The molecule has 2 aromatic heterocycles. The van der Waals surface area contributed by atoms with Crippen LogP contribution in [-0.4, -0.2) is 26.3 Å². The molecule has 0 radical (unpaired) electrons. The molecule has 96 valence electrons. The van der Waals surface area contributed by atoms with E-state index in [1.165, 1.54) is 0 Å². The number of rotatable bonds is 4. The van der Waals surface area contributed by atoms with Gasteiger partial charge >= 0.3 is 0 Å². The fraction of sp³-hybridized carbons (Fsp3) is 0.462. The van der Waals surface area contributed by atoms with Crippen LogP contribution in [0.3, 0.4) is 0 Å². The molecule has 0 saturated heterocycles. The van der Waals surface area contributed by atoms with Gasteiger partial charge in [-0.1, -0.05) is 6.92 Å². The average molecular weight is 245 g/mol. The molecule has 0 fully saturated rings. The van der Waals surface area contributed by atoms with E-state index in [-0.39, 0.29) is 0 Å². The third-order valence-corrected chi connectivity index (χ3v) is 2.86. The van der Waals surface area contributed by atoms with Gasteiger partial charge in [-0.05, 0) is 26.3 Å². The van der Waals surface area contributed by atoms with Crippen LogP contribution < -0.4 is 5.32 Å². The van der Waals surface area contributed by atoms with E-state index in [1.54, 1.807) is 6.20 Å². The van der Waals surface area contributed by atoms with Gasteiger partial charge in [0.05, 0.1) is 11.4 Å². The van der Waals surface area contributed by atoms with E-state index in [0.717, 1.165) is 41.6 Å². The molecule has 0 atom stereocenters. The predicted octanol–water partition coefficient (Wildman–Crippen LogP) is 2.32. The second-order valence-electron chi connectivity index (χ2n) is 4.36. The quantitative estimate of drug-likeness (QED) is 0.898. The first kappa shape index (κ1) is 12.5. The molecule has 18 heavy (non-hydrogen) atoms. The lowest BCUT2D eigenvalue weighted by molar-refractivity contribution is 0.771. The molecule has 0 amide bonds. The van der Waals surface area contributed by atoms with E-state index in [9.17, 15) is 0 Å². The van der Waals surface area contributed by atoms with Crippen molar-refractivity contribution in [2.24, 2.45) is 7.05 Å². The van der Waals surface area contributed by atoms with Crippen molar-refractivity contribution in [1.29, 1.82) is 0 Å². The van der Waals surface area contributed by atoms with Gasteiger partial charge in [-0.3, -0.25) is 4.68 Å². The smallest absolute Gasteiger partial charge is 0.133 e. The Hall–Kier alpha value is -1.91. The molecule has 2 heterocycles. The van der Waals surface area contributed by atoms with Gasteiger partial charge in [0.15, 0.2) is 0 Å². The van der Waals surface area contributed by atoms with Crippen LogP contribution in [0.2, 0.25) is 0 Å². The second-order valence-corrected chi connectivity index (χ2v) is 4.36. The largest absolute Gasteiger partial charge is 0.370 e. The maximum atomic E-state index is 4.53. The zero-order valence-electron chi connectivity index (χ0n) is 11.4. The summed E-state index contributed by atoms with van der Waals surface area (Å²) in [4.78, 5) is 8.99. The average Bonchev–Trinajstić information content (AvgIpc) is 2.76. The summed E-state index contributed by atoms with van der Waals surface area (Å²) in [5.41, 5.74) is 3.02. The third kappa shape index (κ3) is 2.34. The summed E-state index contributed by atoms with van der Waals surface area (Å²) in [5, 5.41) is 7.54. The van der Waals surface area contributed by atoms with Gasteiger partial charge in [0.2, 0.25) is 0 Å². The Morgan fingerprint density at radius 3 is 2.67 bits per heavy atom. The van der Waals surface area contributed by atoms with Crippen molar-refractivity contribution in [2.45, 2.75) is 27.2 Å². The van der Waals surface area contributed by atoms with E-state index >= 15 is 0 Å². The third-order valence-electron chi connectivity index (χ3n) is 2.86. The van der Waals surface area contributed by atoms with Crippen LogP contribution in [0.15, 0.2) is 12.3 Å². The van der Waals surface area contributed by atoms with Crippen LogP contribution >= 0.6 is 0 Å². The molecular formula is C13H19N5. The standard InChI is InChI=1S/C13H19N5/c1-5-7-14-13-9(2)12(16-10(3)17-13)11-6-8-15-18(11)4/h6,8H,5,7H2,1-4H3,(H,14,16,17). The fourth-order valence-corrected chi connectivity index (χ4v) is 1.90. The minimum atomic E-state index is 0.774. The Morgan fingerprint density at radius 1 is 1.28 bits per heavy atom. The predicted molar refractivity (Wildman–Crippen MR) is 72.5 cm³/mol. The Kier molecular flexibility index (Phi) is 3.60. The first-order valence-electron chi connectivity index (χ1n) is 6.21. The van der Waals surface area contributed by atoms with Crippen molar-refractivity contribution in [2.75, 3.05) is 11.9 Å². The molecule has 0 aliphatic carbocycles. The van der Waals surface area contributed by atoms with E-state index < -0.39 is 0 Å². The summed E-state index contributed by atoms with van der Waals surface area (Å²) in [7, 11) is 1.92. The normalized spacial score (nSPS) is 10.7. The molecule has 0 aromatic carbocycles. The highest BCUT2D eigenvalue weighted by atomic mass is 15.3. The SMILES string of the molecule is CCCNc1nc(C)nc(-c2ccnn2C)c1C. The minimum absolute atomic E-state index is 0.774. The summed E-state index contributed by atoms with van der Waals surface area (Å²) in [6.45, 7) is 7.01. The molecule has 2 aromatic rings. The van der Waals surface area contributed by atoms with Crippen LogP contribution in [0, 0.1) is 13.8 Å². The molecule has 0 spiro atoms. The van der Waals surface area contributed by atoms with Crippen molar-refractivity contribution >= 4 is 5.82 Å². The fourth-order valence-electron chi connectivity index (χ4n) is 1.90. The van der Waals surface area contributed by atoms with Crippen LogP contribution in [0.25, 0.3) is 11.4 Å². The molecule has 5 heteroatoms. The molecule has 0 aliphatic rings. The first-order valence-corrected chi connectivity index (χ1v) is 6.21. The summed E-state index contributed by atoms with van der Waals surface area (Å²) < 4.78 is 1.83. The molecule has 5 nitrogen and oxygen atoms in total. The zero-order chi connectivity index (χ0) is 13.1. The van der Waals surface area contributed by atoms with Gasteiger partial charge < -0.3 is 5.32 Å². The van der Waals surface area contributed by atoms with Crippen molar-refractivity contribution in [3.63, 3.8) is 0 Å². The van der Waals surface area contributed by atoms with Gasteiger partial charge in [-0.25, -0.2) is 9.97 Å². The number of hydrogen-bond acceptors (Lipinski definition) is 4. The van der Waals surface area contributed by atoms with E-state index in [4.69, 9.17) is 0 Å². The molecule has 1 N–H and O–H groups in total. The monoisotopic (exact) mass is 245 g/mol. The lowest BCUT2D eigenvalue weighted by Gasteiger charge is -2.12. The first-order chi connectivity index (χ1) is 8.63. The Balaban J connectivity index is 2.48. The Bertz CT molecular complexity index is 544. The minimum Gasteiger partial charge on any atom is -0.370 e. The van der Waals surface area contributed by atoms with E-state index in [2.05, 4.69) is 27.3 Å². The lowest BCUT2D eigenvalue weighted by atomic mass is 10.1. The molecule has 2 rings (SSSR count). The highest BCUT2D eigenvalue weighted by molar-refractivity contribution is 5.65. The summed E-state index contributed by atoms with van der Waals surface area (Å²) in [6, 6.07) is 1.97. The van der Waals surface area contributed by atoms with Crippen LogP contribution in [0.5, 0.6) is 0 Å². The van der Waals surface area contributed by atoms with Gasteiger partial charge in [0.1, 0.15) is 11.6 Å². The van der Waals surface area contributed by atoms with Crippen molar-refractivity contribution in [1.82, 2.24) is 19.7 Å². The van der Waals surface area contributed by atoms with E-state index in [1.807, 2.05) is 31.6 Å². The van der Waals surface area contributed by atoms with E-state index in [0.29, 0.717) is 0 Å². The number of aromatic nitrogens is 4. The van der Waals surface area contributed by atoms with Crippen molar-refractivity contribution in [3.05, 3.63) is 23.7 Å². The summed E-state index contributed by atoms with van der Waals surface area (Å²) >= 11 is 0. The number of aryl methyl sites for hydroxylation is 2. The number of nitrogens with zero attached hydrogens (tertiary/aromatic N) is 4. The Morgan fingerprint density at radius 2 is 2.06 bits per heavy atom. The van der Waals surface area contributed by atoms with Crippen LogP contribution in [0.4, 0.5) is 5.82 Å². The van der Waals surface area contributed by atoms with Crippen molar-refractivity contribution in [3.8, 4) is 11.4 Å². The maximum Gasteiger partial charge on any atom is 0.133 e. The molecule has 0 aliphatic heterocycles. The zero-order valence-corrected chi connectivity index (χ0v) is 11.4.